The molecule has 0 amide bonds. The van der Waals surface area contributed by atoms with Gasteiger partial charge in [-0.25, -0.2) is 0 Å². The molecule has 17 heavy (non-hydrogen) atoms. The van der Waals surface area contributed by atoms with E-state index in [1.54, 1.807) is 5.01 Å². The van der Waals surface area contributed by atoms with Crippen molar-refractivity contribution in [1.82, 2.24) is 9.91 Å². The second-order valence-corrected chi connectivity index (χ2v) is 4.00. The first-order valence-corrected chi connectivity index (χ1v) is 6.06. The average molecular weight is 243 g/mol. The van der Waals surface area contributed by atoms with Crippen LogP contribution in [0, 0.1) is 0 Å². The highest BCUT2D eigenvalue weighted by Crippen LogP contribution is 1.99. The first-order valence-electron chi connectivity index (χ1n) is 6.06. The minimum Gasteiger partial charge on any atom is -0.376 e. The van der Waals surface area contributed by atoms with E-state index in [1.807, 2.05) is 20.3 Å². The zero-order valence-electron chi connectivity index (χ0n) is 12.1. The Labute approximate surface area is 107 Å². The maximum Gasteiger partial charge on any atom is 0.0674 e. The van der Waals surface area contributed by atoms with Crippen molar-refractivity contribution in [2.45, 2.75) is 26.4 Å². The Hall–Kier alpha value is -0.870. The number of nitrogens with zero attached hydrogens (tertiary/aromatic N) is 3. The van der Waals surface area contributed by atoms with E-state index in [-0.39, 0.29) is 0 Å². The fourth-order valence-corrected chi connectivity index (χ4v) is 1.24. The van der Waals surface area contributed by atoms with Crippen molar-refractivity contribution in [3.63, 3.8) is 0 Å². The zero-order valence-corrected chi connectivity index (χ0v) is 12.1. The van der Waals surface area contributed by atoms with Gasteiger partial charge < -0.3 is 14.6 Å². The van der Waals surface area contributed by atoms with E-state index in [9.17, 15) is 0 Å². The van der Waals surface area contributed by atoms with Gasteiger partial charge in [0, 0.05) is 33.4 Å². The normalized spacial score (nSPS) is 19.9. The Morgan fingerprint density at radius 1 is 1.47 bits per heavy atom. The highest BCUT2D eigenvalue weighted by Gasteiger charge is 2.11. The molecule has 0 spiro atoms. The number of rotatable bonds is 2. The van der Waals surface area contributed by atoms with Crippen LogP contribution in [-0.4, -0.2) is 63.1 Å². The van der Waals surface area contributed by atoms with Crippen LogP contribution in [0.25, 0.3) is 0 Å². The monoisotopic (exact) mass is 243 g/mol. The van der Waals surface area contributed by atoms with Gasteiger partial charge in [0.05, 0.1) is 12.7 Å². The molecular formula is C13H29N3O. The number of ether oxygens (including phenoxy) is 1. The molecule has 0 radical (unpaired) electrons. The maximum atomic E-state index is 5.31. The highest BCUT2D eigenvalue weighted by atomic mass is 16.5. The maximum absolute atomic E-state index is 5.31. The largest absolute Gasteiger partial charge is 0.376 e. The molecule has 1 rings (SSSR count). The summed E-state index contributed by atoms with van der Waals surface area (Å²) in [6, 6.07) is 0. The van der Waals surface area contributed by atoms with Crippen molar-refractivity contribution in [2.75, 3.05) is 40.8 Å². The van der Waals surface area contributed by atoms with Gasteiger partial charge in [-0.05, 0) is 20.4 Å². The van der Waals surface area contributed by atoms with Crippen molar-refractivity contribution >= 4 is 6.21 Å². The van der Waals surface area contributed by atoms with Gasteiger partial charge in [-0.15, -0.1) is 13.2 Å². The summed E-state index contributed by atoms with van der Waals surface area (Å²) >= 11 is 0. The van der Waals surface area contributed by atoms with Crippen molar-refractivity contribution in [3.8, 4) is 0 Å². The SMILES string of the molecule is C=C.CC/C=N\N(C)C.C[C@@H]1CN(C)CCO1. The second-order valence-electron chi connectivity index (χ2n) is 4.00. The van der Waals surface area contributed by atoms with E-state index in [4.69, 9.17) is 4.74 Å². The minimum absolute atomic E-state index is 0.439. The predicted molar refractivity (Wildman–Crippen MR) is 76.6 cm³/mol. The third-order valence-electron chi connectivity index (χ3n) is 1.94. The molecule has 0 unspecified atom stereocenters. The fourth-order valence-electron chi connectivity index (χ4n) is 1.24. The lowest BCUT2D eigenvalue weighted by molar-refractivity contribution is -0.00861. The Morgan fingerprint density at radius 3 is 2.29 bits per heavy atom. The number of hydrazone groups is 1. The van der Waals surface area contributed by atoms with Crippen molar-refractivity contribution in [2.24, 2.45) is 5.10 Å². The zero-order chi connectivity index (χ0) is 13.7. The van der Waals surface area contributed by atoms with Crippen LogP contribution in [0.3, 0.4) is 0 Å². The third-order valence-corrected chi connectivity index (χ3v) is 1.94. The highest BCUT2D eigenvalue weighted by molar-refractivity contribution is 5.55. The van der Waals surface area contributed by atoms with Gasteiger partial charge in [0.2, 0.25) is 0 Å². The third kappa shape index (κ3) is 15.1. The van der Waals surface area contributed by atoms with Gasteiger partial charge in [0.25, 0.3) is 0 Å². The lowest BCUT2D eigenvalue weighted by Gasteiger charge is -2.27. The van der Waals surface area contributed by atoms with Gasteiger partial charge in [0.1, 0.15) is 0 Å². The molecule has 0 bridgehead atoms. The molecular weight excluding hydrogens is 214 g/mol. The predicted octanol–water partition coefficient (Wildman–Crippen LogP) is 2.08. The molecule has 4 nitrogen and oxygen atoms in total. The molecule has 1 aliphatic rings. The molecule has 0 aromatic carbocycles. The molecule has 0 aliphatic carbocycles. The van der Waals surface area contributed by atoms with Gasteiger partial charge in [-0.2, -0.15) is 5.10 Å². The van der Waals surface area contributed by atoms with Crippen molar-refractivity contribution in [1.29, 1.82) is 0 Å². The Kier molecular flexibility index (Phi) is 14.4. The molecule has 1 fully saturated rings. The molecule has 1 aliphatic heterocycles. The standard InChI is InChI=1S/C6H13NO.C5H12N2.C2H4/c1-6-5-7(2)3-4-8-6;1-4-5-6-7(2)3;1-2/h6H,3-5H2,1-2H3;5H,4H2,1-3H3;1-2H2/b;6-5-;/t6-;;/m1../s1. The van der Waals surface area contributed by atoms with Gasteiger partial charge in [0.15, 0.2) is 0 Å². The molecule has 0 aromatic heterocycles. The van der Waals surface area contributed by atoms with E-state index in [0.717, 1.165) is 26.1 Å². The van der Waals surface area contributed by atoms with Crippen LogP contribution in [0.1, 0.15) is 20.3 Å². The van der Waals surface area contributed by atoms with Gasteiger partial charge in [-0.1, -0.05) is 6.92 Å². The number of hydrogen-bond acceptors (Lipinski definition) is 4. The summed E-state index contributed by atoms with van der Waals surface area (Å²) in [4.78, 5) is 2.29. The molecule has 1 saturated heterocycles. The number of likely N-dealkylation sites (N-methyl/N-ethyl adjacent to an activating group) is 1. The molecule has 1 heterocycles. The fraction of sp³-hybridized carbons (Fsp3) is 0.769. The molecule has 0 saturated carbocycles. The minimum atomic E-state index is 0.439. The summed E-state index contributed by atoms with van der Waals surface area (Å²) in [5.41, 5.74) is 0. The van der Waals surface area contributed by atoms with Crippen molar-refractivity contribution < 1.29 is 4.74 Å². The van der Waals surface area contributed by atoms with E-state index in [0.29, 0.717) is 6.10 Å². The van der Waals surface area contributed by atoms with E-state index in [1.165, 1.54) is 0 Å². The second kappa shape index (κ2) is 13.2. The van der Waals surface area contributed by atoms with Crippen molar-refractivity contribution in [3.05, 3.63) is 13.2 Å². The summed E-state index contributed by atoms with van der Waals surface area (Å²) in [5.74, 6) is 0. The first-order chi connectivity index (χ1) is 8.06. The molecule has 1 atom stereocenters. The van der Waals surface area contributed by atoms with E-state index in [2.05, 4.69) is 44.1 Å². The summed E-state index contributed by atoms with van der Waals surface area (Å²) in [6.45, 7) is 13.2. The summed E-state index contributed by atoms with van der Waals surface area (Å²) < 4.78 is 5.31. The van der Waals surface area contributed by atoms with Crippen LogP contribution in [-0.2, 0) is 4.74 Å². The van der Waals surface area contributed by atoms with Gasteiger partial charge >= 0.3 is 0 Å². The summed E-state index contributed by atoms with van der Waals surface area (Å²) in [7, 11) is 5.94. The Balaban J connectivity index is 0. The first kappa shape index (κ1) is 18.5. The van der Waals surface area contributed by atoms with Crippen LogP contribution in [0.4, 0.5) is 0 Å². The topological polar surface area (TPSA) is 28.1 Å². The molecule has 4 heteroatoms. The lowest BCUT2D eigenvalue weighted by Crippen LogP contribution is -2.38. The number of morpholine rings is 1. The lowest BCUT2D eigenvalue weighted by atomic mass is 10.3. The molecule has 102 valence electrons. The molecule has 0 aromatic rings. The Bertz CT molecular complexity index is 176. The van der Waals surface area contributed by atoms with Crippen LogP contribution in [0.15, 0.2) is 18.3 Å². The average Bonchev–Trinajstić information content (AvgIpc) is 2.29. The summed E-state index contributed by atoms with van der Waals surface area (Å²) in [5, 5.41) is 5.73. The van der Waals surface area contributed by atoms with Crippen LogP contribution >= 0.6 is 0 Å². The smallest absolute Gasteiger partial charge is 0.0674 e. The number of hydrogen-bond donors (Lipinski definition) is 0. The van der Waals surface area contributed by atoms with Crippen LogP contribution in [0.2, 0.25) is 0 Å². The van der Waals surface area contributed by atoms with Gasteiger partial charge in [-0.3, -0.25) is 0 Å². The molecule has 0 N–H and O–H groups in total. The summed E-state index contributed by atoms with van der Waals surface area (Å²) in [6.07, 6.45) is 3.33. The van der Waals surface area contributed by atoms with E-state index < -0.39 is 0 Å². The van der Waals surface area contributed by atoms with E-state index >= 15 is 0 Å². The van der Waals surface area contributed by atoms with Crippen LogP contribution in [0.5, 0.6) is 0 Å². The Morgan fingerprint density at radius 2 is 2.06 bits per heavy atom. The van der Waals surface area contributed by atoms with Crippen LogP contribution < -0.4 is 0 Å². The quantitative estimate of drug-likeness (QED) is 0.422.